The van der Waals surface area contributed by atoms with E-state index >= 15 is 0 Å². The third-order valence-electron chi connectivity index (χ3n) is 3.74. The molecule has 3 aromatic rings. The second kappa shape index (κ2) is 8.67. The third-order valence-corrected chi connectivity index (χ3v) is 3.74. The molecule has 3 rings (SSSR count). The molecule has 0 unspecified atom stereocenters. The van der Waals surface area contributed by atoms with Crippen LogP contribution in [-0.4, -0.2) is 11.8 Å². The van der Waals surface area contributed by atoms with Crippen LogP contribution in [-0.2, 0) is 16.0 Å². The Kier molecular flexibility index (Phi) is 5.84. The molecule has 0 heterocycles. The summed E-state index contributed by atoms with van der Waals surface area (Å²) < 4.78 is 5.78. The molecule has 0 spiro atoms. The van der Waals surface area contributed by atoms with Crippen LogP contribution < -0.4 is 15.4 Å². The summed E-state index contributed by atoms with van der Waals surface area (Å²) in [5.41, 5.74) is 2.24. The molecule has 0 bridgehead atoms. The van der Waals surface area contributed by atoms with Gasteiger partial charge in [0.15, 0.2) is 0 Å². The summed E-state index contributed by atoms with van der Waals surface area (Å²) >= 11 is 0. The van der Waals surface area contributed by atoms with Gasteiger partial charge in [-0.3, -0.25) is 9.59 Å². The van der Waals surface area contributed by atoms with E-state index in [2.05, 4.69) is 10.6 Å². The largest absolute Gasteiger partial charge is 0.457 e. The maximum atomic E-state index is 12.3. The van der Waals surface area contributed by atoms with Crippen molar-refractivity contribution in [3.05, 3.63) is 84.4 Å². The number of rotatable bonds is 6. The number of benzene rings is 3. The first-order valence-electron chi connectivity index (χ1n) is 8.58. The van der Waals surface area contributed by atoms with Crippen molar-refractivity contribution in [2.45, 2.75) is 13.3 Å². The molecule has 3 aromatic carbocycles. The molecule has 0 aliphatic carbocycles. The van der Waals surface area contributed by atoms with Crippen LogP contribution in [0.4, 0.5) is 11.4 Å². The average Bonchev–Trinajstić information content (AvgIpc) is 2.64. The van der Waals surface area contributed by atoms with E-state index in [1.165, 1.54) is 6.92 Å². The van der Waals surface area contributed by atoms with Gasteiger partial charge in [0, 0.05) is 24.4 Å². The molecule has 2 N–H and O–H groups in total. The molecular weight excluding hydrogens is 340 g/mol. The highest BCUT2D eigenvalue weighted by atomic mass is 16.5. The number of carbonyl (C=O) groups is 2. The molecule has 0 radical (unpaired) electrons. The SMILES string of the molecule is CC(=O)Nc1ccc(CC(=O)Nc2cccc(Oc3ccccc3)c2)cc1. The first-order chi connectivity index (χ1) is 13.1. The summed E-state index contributed by atoms with van der Waals surface area (Å²) in [6, 6.07) is 23.9. The van der Waals surface area contributed by atoms with Gasteiger partial charge in [-0.1, -0.05) is 36.4 Å². The quantitative estimate of drug-likeness (QED) is 0.674. The normalized spacial score (nSPS) is 10.1. The predicted molar refractivity (Wildman–Crippen MR) is 106 cm³/mol. The Morgan fingerprint density at radius 3 is 2.19 bits per heavy atom. The number of nitrogens with one attached hydrogen (secondary N) is 2. The fraction of sp³-hybridized carbons (Fsp3) is 0.0909. The predicted octanol–water partition coefficient (Wildman–Crippen LogP) is 4.62. The second-order valence-electron chi connectivity index (χ2n) is 6.05. The smallest absolute Gasteiger partial charge is 0.228 e. The minimum absolute atomic E-state index is 0.126. The minimum Gasteiger partial charge on any atom is -0.457 e. The zero-order chi connectivity index (χ0) is 19.1. The van der Waals surface area contributed by atoms with E-state index < -0.39 is 0 Å². The second-order valence-corrected chi connectivity index (χ2v) is 6.05. The molecule has 0 saturated carbocycles. The Bertz CT molecular complexity index is 922. The van der Waals surface area contributed by atoms with Crippen LogP contribution in [0.5, 0.6) is 11.5 Å². The van der Waals surface area contributed by atoms with E-state index in [-0.39, 0.29) is 18.2 Å². The summed E-state index contributed by atoms with van der Waals surface area (Å²) in [7, 11) is 0. The van der Waals surface area contributed by atoms with E-state index in [1.807, 2.05) is 60.7 Å². The highest BCUT2D eigenvalue weighted by Crippen LogP contribution is 2.24. The van der Waals surface area contributed by atoms with Crippen molar-refractivity contribution in [2.24, 2.45) is 0 Å². The third kappa shape index (κ3) is 5.71. The topological polar surface area (TPSA) is 67.4 Å². The van der Waals surface area contributed by atoms with E-state index in [0.29, 0.717) is 17.1 Å². The van der Waals surface area contributed by atoms with E-state index in [1.54, 1.807) is 18.2 Å². The molecule has 0 aromatic heterocycles. The molecule has 5 nitrogen and oxygen atoms in total. The van der Waals surface area contributed by atoms with Gasteiger partial charge in [-0.2, -0.15) is 0 Å². The number of amides is 2. The van der Waals surface area contributed by atoms with Crippen LogP contribution in [0.3, 0.4) is 0 Å². The summed E-state index contributed by atoms with van der Waals surface area (Å²) in [5, 5.41) is 5.57. The van der Waals surface area contributed by atoms with Gasteiger partial charge in [0.1, 0.15) is 11.5 Å². The summed E-state index contributed by atoms with van der Waals surface area (Å²) in [6.45, 7) is 1.46. The van der Waals surface area contributed by atoms with Crippen molar-refractivity contribution in [2.75, 3.05) is 10.6 Å². The van der Waals surface area contributed by atoms with Gasteiger partial charge in [-0.05, 0) is 42.0 Å². The number of ether oxygens (including phenoxy) is 1. The monoisotopic (exact) mass is 360 g/mol. The van der Waals surface area contributed by atoms with E-state index in [0.717, 1.165) is 11.3 Å². The van der Waals surface area contributed by atoms with Crippen molar-refractivity contribution in [3.8, 4) is 11.5 Å². The van der Waals surface area contributed by atoms with Crippen molar-refractivity contribution in [1.29, 1.82) is 0 Å². The van der Waals surface area contributed by atoms with Gasteiger partial charge in [0.2, 0.25) is 11.8 Å². The highest BCUT2D eigenvalue weighted by Gasteiger charge is 2.06. The van der Waals surface area contributed by atoms with E-state index in [4.69, 9.17) is 4.74 Å². The molecule has 27 heavy (non-hydrogen) atoms. The van der Waals surface area contributed by atoms with Crippen molar-refractivity contribution in [3.63, 3.8) is 0 Å². The summed E-state index contributed by atoms with van der Waals surface area (Å²) in [5.74, 6) is 1.14. The van der Waals surface area contributed by atoms with Gasteiger partial charge in [0.05, 0.1) is 6.42 Å². The number of para-hydroxylation sites is 1. The maximum absolute atomic E-state index is 12.3. The van der Waals surface area contributed by atoms with Crippen molar-refractivity contribution < 1.29 is 14.3 Å². The van der Waals surface area contributed by atoms with Gasteiger partial charge < -0.3 is 15.4 Å². The van der Waals surface area contributed by atoms with Gasteiger partial charge in [0.25, 0.3) is 0 Å². The average molecular weight is 360 g/mol. The highest BCUT2D eigenvalue weighted by molar-refractivity contribution is 5.92. The Morgan fingerprint density at radius 1 is 0.778 bits per heavy atom. The number of hydrogen-bond acceptors (Lipinski definition) is 3. The molecule has 0 aliphatic rings. The first-order valence-corrected chi connectivity index (χ1v) is 8.58. The van der Waals surface area contributed by atoms with Gasteiger partial charge >= 0.3 is 0 Å². The standard InChI is InChI=1S/C22H20N2O3/c1-16(25)23-18-12-10-17(11-13-18)14-22(26)24-19-6-5-9-21(15-19)27-20-7-3-2-4-8-20/h2-13,15H,14H2,1H3,(H,23,25)(H,24,26). The van der Waals surface area contributed by atoms with Crippen LogP contribution in [0.1, 0.15) is 12.5 Å². The Hall–Kier alpha value is -3.60. The number of anilines is 2. The number of hydrogen-bond donors (Lipinski definition) is 2. The Balaban J connectivity index is 1.59. The lowest BCUT2D eigenvalue weighted by Crippen LogP contribution is -2.14. The Morgan fingerprint density at radius 2 is 1.48 bits per heavy atom. The summed E-state index contributed by atoms with van der Waals surface area (Å²) in [6.07, 6.45) is 0.240. The lowest BCUT2D eigenvalue weighted by Gasteiger charge is -2.09. The fourth-order valence-corrected chi connectivity index (χ4v) is 2.56. The van der Waals surface area contributed by atoms with E-state index in [9.17, 15) is 9.59 Å². The van der Waals surface area contributed by atoms with Crippen LogP contribution in [0, 0.1) is 0 Å². The zero-order valence-corrected chi connectivity index (χ0v) is 14.9. The van der Waals surface area contributed by atoms with Crippen LogP contribution >= 0.6 is 0 Å². The molecule has 0 saturated heterocycles. The maximum Gasteiger partial charge on any atom is 0.228 e. The number of carbonyl (C=O) groups excluding carboxylic acids is 2. The fourth-order valence-electron chi connectivity index (χ4n) is 2.56. The summed E-state index contributed by atoms with van der Waals surface area (Å²) in [4.78, 5) is 23.3. The molecule has 0 atom stereocenters. The van der Waals surface area contributed by atoms with Gasteiger partial charge in [-0.25, -0.2) is 0 Å². The molecule has 2 amide bonds. The molecule has 5 heteroatoms. The first kappa shape index (κ1) is 18.2. The van der Waals surface area contributed by atoms with Crippen LogP contribution in [0.25, 0.3) is 0 Å². The minimum atomic E-state index is -0.127. The molecule has 0 fully saturated rings. The van der Waals surface area contributed by atoms with Crippen LogP contribution in [0.2, 0.25) is 0 Å². The van der Waals surface area contributed by atoms with Crippen molar-refractivity contribution in [1.82, 2.24) is 0 Å². The molecule has 0 aliphatic heterocycles. The van der Waals surface area contributed by atoms with Crippen LogP contribution in [0.15, 0.2) is 78.9 Å². The lowest BCUT2D eigenvalue weighted by molar-refractivity contribution is -0.116. The zero-order valence-electron chi connectivity index (χ0n) is 14.9. The molecule has 136 valence electrons. The molecular formula is C22H20N2O3. The van der Waals surface area contributed by atoms with Crippen molar-refractivity contribution >= 4 is 23.2 Å². The lowest BCUT2D eigenvalue weighted by atomic mass is 10.1. The van der Waals surface area contributed by atoms with Gasteiger partial charge in [-0.15, -0.1) is 0 Å². The Labute approximate surface area is 158 Å².